The van der Waals surface area contributed by atoms with Gasteiger partial charge in [-0.1, -0.05) is 45.9 Å². The molecule has 152 valence electrons. The van der Waals surface area contributed by atoms with Crippen LogP contribution in [0.15, 0.2) is 52.1 Å². The Hall–Kier alpha value is -2.32. The first kappa shape index (κ1) is 21.4. The van der Waals surface area contributed by atoms with Crippen molar-refractivity contribution in [3.8, 4) is 5.75 Å². The average molecular weight is 475 g/mol. The molecule has 1 aromatic heterocycles. The number of hydrogen-bond acceptors (Lipinski definition) is 5. The Balaban J connectivity index is 1.60. The number of anilines is 1. The van der Waals surface area contributed by atoms with E-state index in [9.17, 15) is 4.79 Å². The van der Waals surface area contributed by atoms with E-state index >= 15 is 0 Å². The normalized spacial score (nSPS) is 11.9. The van der Waals surface area contributed by atoms with Crippen molar-refractivity contribution in [2.45, 2.75) is 32.0 Å². The van der Waals surface area contributed by atoms with E-state index in [-0.39, 0.29) is 17.8 Å². The van der Waals surface area contributed by atoms with Gasteiger partial charge in [-0.05, 0) is 56.2 Å². The Bertz CT molecular complexity index is 984. The number of para-hydroxylation sites is 1. The van der Waals surface area contributed by atoms with Gasteiger partial charge in [-0.15, -0.1) is 10.2 Å². The Morgan fingerprint density at radius 2 is 1.83 bits per heavy atom. The van der Waals surface area contributed by atoms with Crippen molar-refractivity contribution in [1.29, 1.82) is 0 Å². The predicted octanol–water partition coefficient (Wildman–Crippen LogP) is 5.07. The number of amides is 1. The predicted molar refractivity (Wildman–Crippen MR) is 119 cm³/mol. The number of carbonyl (C=O) groups is 1. The van der Waals surface area contributed by atoms with Crippen LogP contribution in [-0.4, -0.2) is 26.4 Å². The van der Waals surface area contributed by atoms with Crippen molar-refractivity contribution >= 4 is 39.3 Å². The quantitative estimate of drug-likeness (QED) is 0.484. The monoisotopic (exact) mass is 474 g/mol. The number of hydrogen-bond donors (Lipinski definition) is 1. The maximum absolute atomic E-state index is 12.4. The van der Waals surface area contributed by atoms with Gasteiger partial charge in [0.25, 0.3) is 0 Å². The van der Waals surface area contributed by atoms with Crippen molar-refractivity contribution in [2.75, 3.05) is 11.1 Å². The van der Waals surface area contributed by atoms with E-state index in [1.165, 1.54) is 11.8 Å². The molecule has 0 spiro atoms. The molecule has 0 saturated heterocycles. The van der Waals surface area contributed by atoms with Crippen LogP contribution in [0.25, 0.3) is 0 Å². The van der Waals surface area contributed by atoms with Gasteiger partial charge in [0.1, 0.15) is 5.75 Å². The molecule has 0 bridgehead atoms. The van der Waals surface area contributed by atoms with Gasteiger partial charge in [-0.3, -0.25) is 4.79 Å². The van der Waals surface area contributed by atoms with Crippen LogP contribution in [0.4, 0.5) is 5.69 Å². The van der Waals surface area contributed by atoms with E-state index in [4.69, 9.17) is 4.74 Å². The van der Waals surface area contributed by atoms with Crippen LogP contribution in [0.3, 0.4) is 0 Å². The molecule has 1 N–H and O–H groups in total. The summed E-state index contributed by atoms with van der Waals surface area (Å²) in [5, 5.41) is 12.1. The highest BCUT2D eigenvalue weighted by Crippen LogP contribution is 2.25. The third-order valence-electron chi connectivity index (χ3n) is 4.44. The van der Waals surface area contributed by atoms with Gasteiger partial charge in [0.05, 0.1) is 5.75 Å². The number of aromatic nitrogens is 3. The first-order valence-corrected chi connectivity index (χ1v) is 10.9. The summed E-state index contributed by atoms with van der Waals surface area (Å²) >= 11 is 4.76. The van der Waals surface area contributed by atoms with Crippen molar-refractivity contribution in [1.82, 2.24) is 14.8 Å². The SMILES string of the molecule is Cc1cccc(C)c1NC(=O)CSc1nnc(C(C)Oc2ccc(Br)cc2)n1C. The fourth-order valence-electron chi connectivity index (χ4n) is 2.89. The number of thioether (sulfide) groups is 1. The molecule has 0 aliphatic heterocycles. The van der Waals surface area contributed by atoms with Gasteiger partial charge in [0, 0.05) is 17.2 Å². The lowest BCUT2D eigenvalue weighted by molar-refractivity contribution is -0.113. The van der Waals surface area contributed by atoms with Crippen molar-refractivity contribution in [3.05, 3.63) is 63.9 Å². The van der Waals surface area contributed by atoms with Gasteiger partial charge in [0.2, 0.25) is 5.91 Å². The Morgan fingerprint density at radius 3 is 2.48 bits per heavy atom. The van der Waals surface area contributed by atoms with Crippen LogP contribution in [-0.2, 0) is 11.8 Å². The van der Waals surface area contributed by atoms with Gasteiger partial charge in [-0.25, -0.2) is 0 Å². The molecular weight excluding hydrogens is 452 g/mol. The summed E-state index contributed by atoms with van der Waals surface area (Å²) < 4.78 is 8.80. The second-order valence-electron chi connectivity index (χ2n) is 6.72. The zero-order valence-corrected chi connectivity index (χ0v) is 19.2. The molecule has 0 saturated carbocycles. The summed E-state index contributed by atoms with van der Waals surface area (Å²) in [5.74, 6) is 1.63. The molecule has 0 aliphatic rings. The summed E-state index contributed by atoms with van der Waals surface area (Å²) in [6.45, 7) is 5.89. The molecule has 0 fully saturated rings. The number of halogens is 1. The maximum Gasteiger partial charge on any atom is 0.234 e. The van der Waals surface area contributed by atoms with E-state index in [0.717, 1.165) is 27.0 Å². The summed E-state index contributed by atoms with van der Waals surface area (Å²) in [5.41, 5.74) is 2.96. The fraction of sp³-hybridized carbons (Fsp3) is 0.286. The molecule has 0 aliphatic carbocycles. The van der Waals surface area contributed by atoms with Crippen LogP contribution in [0.1, 0.15) is 30.0 Å². The molecule has 0 radical (unpaired) electrons. The summed E-state index contributed by atoms with van der Waals surface area (Å²) in [7, 11) is 1.88. The van der Waals surface area contributed by atoms with Gasteiger partial charge < -0.3 is 14.6 Å². The lowest BCUT2D eigenvalue weighted by Crippen LogP contribution is -2.16. The highest BCUT2D eigenvalue weighted by atomic mass is 79.9. The highest BCUT2D eigenvalue weighted by molar-refractivity contribution is 9.10. The lowest BCUT2D eigenvalue weighted by atomic mass is 10.1. The third-order valence-corrected chi connectivity index (χ3v) is 5.99. The number of nitrogens with one attached hydrogen (secondary N) is 1. The van der Waals surface area contributed by atoms with Crippen molar-refractivity contribution in [3.63, 3.8) is 0 Å². The van der Waals surface area contributed by atoms with Crippen LogP contribution < -0.4 is 10.1 Å². The highest BCUT2D eigenvalue weighted by Gasteiger charge is 2.18. The molecule has 2 aromatic carbocycles. The minimum atomic E-state index is -0.272. The summed E-state index contributed by atoms with van der Waals surface area (Å²) in [6.07, 6.45) is -0.272. The second-order valence-corrected chi connectivity index (χ2v) is 8.58. The number of aryl methyl sites for hydroxylation is 2. The zero-order chi connectivity index (χ0) is 21.0. The standard InChI is InChI=1S/C21H23BrN4O2S/c1-13-6-5-7-14(2)19(13)23-18(27)12-29-21-25-24-20(26(21)4)15(3)28-17-10-8-16(22)9-11-17/h5-11,15H,12H2,1-4H3,(H,23,27). The minimum Gasteiger partial charge on any atom is -0.483 e. The zero-order valence-electron chi connectivity index (χ0n) is 16.8. The maximum atomic E-state index is 12.4. The molecule has 6 nitrogen and oxygen atoms in total. The van der Waals surface area contributed by atoms with Crippen LogP contribution in [0.5, 0.6) is 5.75 Å². The molecule has 3 aromatic rings. The van der Waals surface area contributed by atoms with E-state index < -0.39 is 0 Å². The molecular formula is C21H23BrN4O2S. The Labute approximate surface area is 183 Å². The van der Waals surface area contributed by atoms with Crippen molar-refractivity contribution < 1.29 is 9.53 Å². The number of ether oxygens (including phenoxy) is 1. The van der Waals surface area contributed by atoms with E-state index in [1.807, 2.05) is 74.9 Å². The average Bonchev–Trinajstić information content (AvgIpc) is 3.05. The third kappa shape index (κ3) is 5.39. The fourth-order valence-corrected chi connectivity index (χ4v) is 3.88. The second kappa shape index (κ2) is 9.45. The molecule has 3 rings (SSSR count). The first-order chi connectivity index (χ1) is 13.8. The van der Waals surface area contributed by atoms with Gasteiger partial charge in [-0.2, -0.15) is 0 Å². The molecule has 29 heavy (non-hydrogen) atoms. The number of nitrogens with zero attached hydrogens (tertiary/aromatic N) is 3. The number of benzene rings is 2. The molecule has 1 atom stereocenters. The van der Waals surface area contributed by atoms with E-state index in [2.05, 4.69) is 31.4 Å². The molecule has 8 heteroatoms. The van der Waals surface area contributed by atoms with Crippen LogP contribution in [0.2, 0.25) is 0 Å². The van der Waals surface area contributed by atoms with Gasteiger partial charge >= 0.3 is 0 Å². The number of carbonyl (C=O) groups excluding carboxylic acids is 1. The lowest BCUT2D eigenvalue weighted by Gasteiger charge is -2.14. The molecule has 1 unspecified atom stereocenters. The van der Waals surface area contributed by atoms with E-state index in [0.29, 0.717) is 11.0 Å². The molecule has 1 heterocycles. The van der Waals surface area contributed by atoms with E-state index in [1.54, 1.807) is 0 Å². The Kier molecular flexibility index (Phi) is 6.97. The van der Waals surface area contributed by atoms with Gasteiger partial charge in [0.15, 0.2) is 17.1 Å². The van der Waals surface area contributed by atoms with Crippen LogP contribution >= 0.6 is 27.7 Å². The molecule has 1 amide bonds. The first-order valence-electron chi connectivity index (χ1n) is 9.15. The smallest absolute Gasteiger partial charge is 0.234 e. The topological polar surface area (TPSA) is 69.0 Å². The number of rotatable bonds is 7. The summed E-state index contributed by atoms with van der Waals surface area (Å²) in [6, 6.07) is 13.6. The minimum absolute atomic E-state index is 0.0730. The largest absolute Gasteiger partial charge is 0.483 e. The van der Waals surface area contributed by atoms with Crippen LogP contribution in [0, 0.1) is 13.8 Å². The summed E-state index contributed by atoms with van der Waals surface area (Å²) in [4.78, 5) is 12.4. The Morgan fingerprint density at radius 1 is 1.17 bits per heavy atom. The van der Waals surface area contributed by atoms with Crippen molar-refractivity contribution in [2.24, 2.45) is 7.05 Å².